The first-order valence-corrected chi connectivity index (χ1v) is 5.32. The third-order valence-electron chi connectivity index (χ3n) is 3.94. The van der Waals surface area contributed by atoms with Gasteiger partial charge in [0.2, 0.25) is 6.43 Å². The molecule has 0 amide bonds. The summed E-state index contributed by atoms with van der Waals surface area (Å²) in [6, 6.07) is 0.294. The van der Waals surface area contributed by atoms with Crippen molar-refractivity contribution >= 4 is 0 Å². The Hall–Kier alpha value is -0.180. The summed E-state index contributed by atoms with van der Waals surface area (Å²) in [5, 5.41) is 3.29. The van der Waals surface area contributed by atoms with Gasteiger partial charge in [-0.15, -0.1) is 0 Å². The Bertz CT molecular complexity index is 195. The Morgan fingerprint density at radius 1 is 1.14 bits per heavy atom. The average molecular weight is 205 g/mol. The quantitative estimate of drug-likeness (QED) is 0.744. The lowest BCUT2D eigenvalue weighted by atomic mass is 9.86. The molecule has 84 valence electrons. The zero-order chi connectivity index (χ0) is 11.1. The largest absolute Gasteiger partial charge is 0.310 e. The zero-order valence-corrected chi connectivity index (χ0v) is 9.64. The minimum atomic E-state index is -2.27. The second-order valence-corrected chi connectivity index (χ2v) is 5.25. The normalized spacial score (nSPS) is 34.7. The van der Waals surface area contributed by atoms with E-state index in [0.29, 0.717) is 17.9 Å². The van der Waals surface area contributed by atoms with E-state index in [-0.39, 0.29) is 6.04 Å². The third kappa shape index (κ3) is 2.08. The van der Waals surface area contributed by atoms with Crippen LogP contribution in [0, 0.1) is 17.3 Å². The van der Waals surface area contributed by atoms with Crippen LogP contribution in [0.3, 0.4) is 0 Å². The van der Waals surface area contributed by atoms with Gasteiger partial charge in [0.1, 0.15) is 0 Å². The topological polar surface area (TPSA) is 12.0 Å². The summed E-state index contributed by atoms with van der Waals surface area (Å²) < 4.78 is 25.4. The van der Waals surface area contributed by atoms with Crippen molar-refractivity contribution in [3.8, 4) is 0 Å². The van der Waals surface area contributed by atoms with Crippen LogP contribution in [0.15, 0.2) is 0 Å². The van der Waals surface area contributed by atoms with Crippen LogP contribution in [0.4, 0.5) is 8.78 Å². The smallest absolute Gasteiger partial charge is 0.245 e. The van der Waals surface area contributed by atoms with Gasteiger partial charge in [-0.05, 0) is 18.8 Å². The number of alkyl halides is 2. The van der Waals surface area contributed by atoms with E-state index in [1.165, 1.54) is 0 Å². The average Bonchev–Trinajstić information content (AvgIpc) is 2.61. The highest BCUT2D eigenvalue weighted by Gasteiger charge is 2.46. The molecule has 0 aromatic heterocycles. The molecule has 0 bridgehead atoms. The maximum Gasteiger partial charge on any atom is 0.245 e. The van der Waals surface area contributed by atoms with Gasteiger partial charge in [0.25, 0.3) is 0 Å². The van der Waals surface area contributed by atoms with Crippen molar-refractivity contribution in [2.45, 2.75) is 53.1 Å². The molecule has 1 nitrogen and oxygen atoms in total. The Morgan fingerprint density at radius 3 is 1.86 bits per heavy atom. The molecule has 1 rings (SSSR count). The van der Waals surface area contributed by atoms with E-state index in [0.717, 1.165) is 0 Å². The first-order chi connectivity index (χ1) is 6.28. The van der Waals surface area contributed by atoms with Gasteiger partial charge >= 0.3 is 0 Å². The van der Waals surface area contributed by atoms with Crippen LogP contribution in [0.1, 0.15) is 34.6 Å². The summed E-state index contributed by atoms with van der Waals surface area (Å²) in [5.41, 5.74) is -0.942. The predicted molar refractivity (Wildman–Crippen MR) is 54.5 cm³/mol. The molecule has 1 fully saturated rings. The molecule has 0 heterocycles. The molecule has 14 heavy (non-hydrogen) atoms. The molecule has 3 atom stereocenters. The zero-order valence-electron chi connectivity index (χ0n) is 9.64. The lowest BCUT2D eigenvalue weighted by Crippen LogP contribution is -2.45. The summed E-state index contributed by atoms with van der Waals surface area (Å²) in [5.74, 6) is 1.26. The maximum absolute atomic E-state index is 12.7. The van der Waals surface area contributed by atoms with Crippen molar-refractivity contribution in [3.05, 3.63) is 0 Å². The molecular formula is C11H21F2N. The monoisotopic (exact) mass is 205 g/mol. The number of nitrogens with one attached hydrogen (secondary N) is 1. The summed E-state index contributed by atoms with van der Waals surface area (Å²) in [7, 11) is 0. The van der Waals surface area contributed by atoms with E-state index in [2.05, 4.69) is 19.2 Å². The van der Waals surface area contributed by atoms with Crippen LogP contribution in [-0.4, -0.2) is 18.5 Å². The molecule has 1 unspecified atom stereocenters. The first-order valence-electron chi connectivity index (χ1n) is 5.32. The van der Waals surface area contributed by atoms with Gasteiger partial charge in [-0.25, -0.2) is 8.78 Å². The van der Waals surface area contributed by atoms with Gasteiger partial charge < -0.3 is 5.32 Å². The molecule has 0 aliphatic heterocycles. The highest BCUT2D eigenvalue weighted by atomic mass is 19.3. The van der Waals surface area contributed by atoms with E-state index in [1.807, 2.05) is 6.92 Å². The summed E-state index contributed by atoms with van der Waals surface area (Å²) in [6.07, 6.45) is -2.27. The second-order valence-electron chi connectivity index (χ2n) is 5.25. The fourth-order valence-corrected chi connectivity index (χ4v) is 1.66. The second kappa shape index (κ2) is 3.76. The van der Waals surface area contributed by atoms with Gasteiger partial charge in [0.05, 0.1) is 0 Å². The molecule has 1 aliphatic carbocycles. The standard InChI is InChI=1S/C11H21F2N/c1-6-7(2)9(6)14-8(3)11(4,5)10(12)13/h6-10,14H,1-5H3/t6-,7-,8?/m0/s1. The third-order valence-corrected chi connectivity index (χ3v) is 3.94. The van der Waals surface area contributed by atoms with Gasteiger partial charge in [0.15, 0.2) is 0 Å². The summed E-state index contributed by atoms with van der Waals surface area (Å²) in [6.45, 7) is 9.40. The first kappa shape index (κ1) is 11.9. The molecule has 1 aliphatic rings. The van der Waals surface area contributed by atoms with Crippen molar-refractivity contribution in [1.29, 1.82) is 0 Å². The SMILES string of the molecule is CC(NC1[C@@H](C)[C@@H]1C)C(C)(C)C(F)F. The van der Waals surface area contributed by atoms with Crippen LogP contribution < -0.4 is 5.32 Å². The van der Waals surface area contributed by atoms with Crippen LogP contribution in [0.25, 0.3) is 0 Å². The van der Waals surface area contributed by atoms with E-state index in [9.17, 15) is 8.78 Å². The lowest BCUT2D eigenvalue weighted by Gasteiger charge is -2.32. The molecule has 0 radical (unpaired) electrons. The number of hydrogen-bond acceptors (Lipinski definition) is 1. The van der Waals surface area contributed by atoms with Crippen molar-refractivity contribution in [3.63, 3.8) is 0 Å². The molecule has 0 aromatic carbocycles. The van der Waals surface area contributed by atoms with Crippen molar-refractivity contribution in [1.82, 2.24) is 5.32 Å². The molecular weight excluding hydrogens is 184 g/mol. The number of halogens is 2. The Morgan fingerprint density at radius 2 is 1.57 bits per heavy atom. The minimum Gasteiger partial charge on any atom is -0.310 e. The van der Waals surface area contributed by atoms with Crippen LogP contribution >= 0.6 is 0 Å². The Balaban J connectivity index is 2.46. The predicted octanol–water partition coefficient (Wildman–Crippen LogP) is 2.91. The number of rotatable bonds is 4. The van der Waals surface area contributed by atoms with Crippen molar-refractivity contribution in [2.75, 3.05) is 0 Å². The molecule has 0 aromatic rings. The lowest BCUT2D eigenvalue weighted by molar-refractivity contribution is -0.00306. The van der Waals surface area contributed by atoms with Gasteiger partial charge in [-0.3, -0.25) is 0 Å². The Labute approximate surface area is 85.3 Å². The number of hydrogen-bond donors (Lipinski definition) is 1. The van der Waals surface area contributed by atoms with E-state index in [4.69, 9.17) is 0 Å². The highest BCUT2D eigenvalue weighted by Crippen LogP contribution is 2.40. The summed E-state index contributed by atoms with van der Waals surface area (Å²) in [4.78, 5) is 0. The molecule has 0 spiro atoms. The summed E-state index contributed by atoms with van der Waals surface area (Å²) >= 11 is 0. The molecule has 1 N–H and O–H groups in total. The highest BCUT2D eigenvalue weighted by molar-refractivity contribution is 5.00. The molecule has 1 saturated carbocycles. The van der Waals surface area contributed by atoms with E-state index < -0.39 is 11.8 Å². The van der Waals surface area contributed by atoms with E-state index >= 15 is 0 Å². The van der Waals surface area contributed by atoms with E-state index in [1.54, 1.807) is 13.8 Å². The van der Waals surface area contributed by atoms with Gasteiger partial charge in [-0.2, -0.15) is 0 Å². The molecule has 3 heteroatoms. The van der Waals surface area contributed by atoms with Crippen LogP contribution in [-0.2, 0) is 0 Å². The fourth-order valence-electron chi connectivity index (χ4n) is 1.66. The minimum absolute atomic E-state index is 0.139. The van der Waals surface area contributed by atoms with Crippen LogP contribution in [0.5, 0.6) is 0 Å². The van der Waals surface area contributed by atoms with Crippen molar-refractivity contribution in [2.24, 2.45) is 17.3 Å². The van der Waals surface area contributed by atoms with Gasteiger partial charge in [-0.1, -0.05) is 27.7 Å². The Kier molecular flexibility index (Phi) is 3.20. The van der Waals surface area contributed by atoms with Gasteiger partial charge in [0, 0.05) is 17.5 Å². The molecule has 0 saturated heterocycles. The van der Waals surface area contributed by atoms with Crippen LogP contribution in [0.2, 0.25) is 0 Å². The maximum atomic E-state index is 12.7. The van der Waals surface area contributed by atoms with Crippen molar-refractivity contribution < 1.29 is 8.78 Å². The fraction of sp³-hybridized carbons (Fsp3) is 1.00.